The molecule has 1 aliphatic carbocycles. The molecule has 0 atom stereocenters. The summed E-state index contributed by atoms with van der Waals surface area (Å²) in [7, 11) is 0. The molecule has 22 heavy (non-hydrogen) atoms. The van der Waals surface area contributed by atoms with E-state index in [1.165, 1.54) is 11.1 Å². The molecule has 0 bridgehead atoms. The van der Waals surface area contributed by atoms with Crippen molar-refractivity contribution in [2.24, 2.45) is 0 Å². The second-order valence-electron chi connectivity index (χ2n) is 6.34. The fourth-order valence-corrected chi connectivity index (χ4v) is 3.37. The molecule has 3 rings (SSSR count). The summed E-state index contributed by atoms with van der Waals surface area (Å²) in [6, 6.07) is 22.0. The predicted octanol–water partition coefficient (Wildman–Crippen LogP) is 3.99. The number of benzene rings is 2. The Hall–Kier alpha value is -1.64. The number of rotatable bonds is 5. The maximum absolute atomic E-state index is 9.77. The van der Waals surface area contributed by atoms with Crippen molar-refractivity contribution in [2.45, 2.75) is 50.9 Å². The van der Waals surface area contributed by atoms with Crippen LogP contribution in [0.15, 0.2) is 60.7 Å². The average Bonchev–Trinajstić information content (AvgIpc) is 2.57. The smallest absolute Gasteiger partial charge is 0.0541 e. The minimum absolute atomic E-state index is 0.0912. The number of aliphatic hydroxyl groups excluding tert-OH is 1. The summed E-state index contributed by atoms with van der Waals surface area (Å²) in [5.41, 5.74) is 2.73. The van der Waals surface area contributed by atoms with E-state index in [0.717, 1.165) is 38.8 Å². The summed E-state index contributed by atoms with van der Waals surface area (Å²) < 4.78 is 0. The van der Waals surface area contributed by atoms with Gasteiger partial charge >= 0.3 is 0 Å². The minimum atomic E-state index is -0.0912. The highest BCUT2D eigenvalue weighted by Crippen LogP contribution is 2.26. The van der Waals surface area contributed by atoms with Crippen LogP contribution in [0.3, 0.4) is 0 Å². The first-order valence-corrected chi connectivity index (χ1v) is 8.31. The fourth-order valence-electron chi connectivity index (χ4n) is 3.37. The zero-order chi connectivity index (χ0) is 15.2. The number of hydrogen-bond acceptors (Lipinski definition) is 2. The molecule has 0 radical (unpaired) electrons. The van der Waals surface area contributed by atoms with Crippen LogP contribution in [0, 0.1) is 0 Å². The van der Waals surface area contributed by atoms with E-state index in [2.05, 4.69) is 65.6 Å². The van der Waals surface area contributed by atoms with Crippen molar-refractivity contribution >= 4 is 0 Å². The van der Waals surface area contributed by atoms with Gasteiger partial charge in [0.25, 0.3) is 0 Å². The summed E-state index contributed by atoms with van der Waals surface area (Å²) >= 11 is 0. The Balaban J connectivity index is 1.73. The Morgan fingerprint density at radius 1 is 0.727 bits per heavy atom. The van der Waals surface area contributed by atoms with Gasteiger partial charge in [-0.25, -0.2) is 0 Å². The highest BCUT2D eigenvalue weighted by Gasteiger charge is 2.25. The van der Waals surface area contributed by atoms with Crippen LogP contribution in [-0.4, -0.2) is 22.2 Å². The van der Waals surface area contributed by atoms with Crippen LogP contribution in [0.5, 0.6) is 0 Å². The van der Waals surface area contributed by atoms with Gasteiger partial charge in [-0.3, -0.25) is 4.90 Å². The first-order chi connectivity index (χ1) is 10.8. The maximum Gasteiger partial charge on any atom is 0.0541 e. The Labute approximate surface area is 133 Å². The molecule has 116 valence electrons. The van der Waals surface area contributed by atoms with Gasteiger partial charge in [-0.1, -0.05) is 60.7 Å². The van der Waals surface area contributed by atoms with Crippen LogP contribution in [0.1, 0.15) is 36.8 Å². The minimum Gasteiger partial charge on any atom is -0.393 e. The third-order valence-electron chi connectivity index (χ3n) is 4.64. The van der Waals surface area contributed by atoms with Crippen molar-refractivity contribution in [3.05, 3.63) is 71.8 Å². The molecule has 0 amide bonds. The van der Waals surface area contributed by atoms with Crippen LogP contribution in [0.4, 0.5) is 0 Å². The summed E-state index contributed by atoms with van der Waals surface area (Å²) in [4.78, 5) is 2.58. The summed E-state index contributed by atoms with van der Waals surface area (Å²) in [5.74, 6) is 0. The van der Waals surface area contributed by atoms with Crippen LogP contribution >= 0.6 is 0 Å². The molecule has 1 aliphatic rings. The molecule has 1 N–H and O–H groups in total. The molecule has 0 aromatic heterocycles. The fraction of sp³-hybridized carbons (Fsp3) is 0.400. The van der Waals surface area contributed by atoms with Crippen molar-refractivity contribution in [1.82, 2.24) is 4.90 Å². The van der Waals surface area contributed by atoms with Gasteiger partial charge in [0.15, 0.2) is 0 Å². The van der Waals surface area contributed by atoms with Gasteiger partial charge < -0.3 is 5.11 Å². The molecular formula is C20H25NO. The van der Waals surface area contributed by atoms with Gasteiger partial charge in [0.2, 0.25) is 0 Å². The van der Waals surface area contributed by atoms with Gasteiger partial charge in [-0.15, -0.1) is 0 Å². The van der Waals surface area contributed by atoms with Gasteiger partial charge in [0.1, 0.15) is 0 Å². The number of hydrogen-bond donors (Lipinski definition) is 1. The molecule has 0 saturated heterocycles. The lowest BCUT2D eigenvalue weighted by Gasteiger charge is -2.36. The summed E-state index contributed by atoms with van der Waals surface area (Å²) in [5, 5.41) is 9.77. The molecule has 2 aromatic carbocycles. The normalized spacial score (nSPS) is 21.9. The molecular weight excluding hydrogens is 270 g/mol. The van der Waals surface area contributed by atoms with Crippen molar-refractivity contribution in [2.75, 3.05) is 0 Å². The SMILES string of the molecule is OC1CCC(N(Cc2ccccc2)Cc2ccccc2)CC1. The quantitative estimate of drug-likeness (QED) is 0.901. The lowest BCUT2D eigenvalue weighted by Crippen LogP contribution is -2.38. The van der Waals surface area contributed by atoms with Crippen LogP contribution < -0.4 is 0 Å². The van der Waals surface area contributed by atoms with E-state index < -0.39 is 0 Å². The second-order valence-corrected chi connectivity index (χ2v) is 6.34. The van der Waals surface area contributed by atoms with Crippen LogP contribution in [0.2, 0.25) is 0 Å². The molecule has 2 nitrogen and oxygen atoms in total. The zero-order valence-electron chi connectivity index (χ0n) is 13.1. The number of nitrogens with zero attached hydrogens (tertiary/aromatic N) is 1. The topological polar surface area (TPSA) is 23.5 Å². The van der Waals surface area contributed by atoms with Crippen LogP contribution in [0.25, 0.3) is 0 Å². The largest absolute Gasteiger partial charge is 0.393 e. The predicted molar refractivity (Wildman–Crippen MR) is 90.4 cm³/mol. The standard InChI is InChI=1S/C20H25NO/c22-20-13-11-19(12-14-20)21(15-17-7-3-1-4-8-17)16-18-9-5-2-6-10-18/h1-10,19-20,22H,11-16H2. The molecule has 0 unspecified atom stereocenters. The van der Waals surface area contributed by atoms with E-state index in [4.69, 9.17) is 0 Å². The Morgan fingerprint density at radius 3 is 1.64 bits per heavy atom. The van der Waals surface area contributed by atoms with Gasteiger partial charge in [0.05, 0.1) is 6.10 Å². The average molecular weight is 295 g/mol. The zero-order valence-corrected chi connectivity index (χ0v) is 13.1. The Kier molecular flexibility index (Phi) is 5.25. The van der Waals surface area contributed by atoms with E-state index in [1.54, 1.807) is 0 Å². The number of aliphatic hydroxyl groups is 1. The van der Waals surface area contributed by atoms with Crippen molar-refractivity contribution < 1.29 is 5.11 Å². The molecule has 1 saturated carbocycles. The van der Waals surface area contributed by atoms with Crippen molar-refractivity contribution in [3.8, 4) is 0 Å². The van der Waals surface area contributed by atoms with E-state index in [-0.39, 0.29) is 6.10 Å². The second kappa shape index (κ2) is 7.57. The molecule has 0 aliphatic heterocycles. The monoisotopic (exact) mass is 295 g/mol. The van der Waals surface area contributed by atoms with Crippen molar-refractivity contribution in [3.63, 3.8) is 0 Å². The molecule has 2 aromatic rings. The first-order valence-electron chi connectivity index (χ1n) is 8.31. The van der Waals surface area contributed by atoms with Gasteiger partial charge in [0, 0.05) is 19.1 Å². The van der Waals surface area contributed by atoms with Crippen molar-refractivity contribution in [1.29, 1.82) is 0 Å². The molecule has 2 heteroatoms. The third-order valence-corrected chi connectivity index (χ3v) is 4.64. The third kappa shape index (κ3) is 4.19. The Morgan fingerprint density at radius 2 is 1.18 bits per heavy atom. The molecule has 1 fully saturated rings. The van der Waals surface area contributed by atoms with E-state index >= 15 is 0 Å². The summed E-state index contributed by atoms with van der Waals surface area (Å²) in [6.07, 6.45) is 3.98. The van der Waals surface area contributed by atoms with Crippen LogP contribution in [-0.2, 0) is 13.1 Å². The van der Waals surface area contributed by atoms with Gasteiger partial charge in [-0.05, 0) is 36.8 Å². The molecule has 0 heterocycles. The lowest BCUT2D eigenvalue weighted by molar-refractivity contribution is 0.0666. The maximum atomic E-state index is 9.77. The molecule has 0 spiro atoms. The van der Waals surface area contributed by atoms with Gasteiger partial charge in [-0.2, -0.15) is 0 Å². The lowest BCUT2D eigenvalue weighted by atomic mass is 9.91. The van der Waals surface area contributed by atoms with E-state index in [0.29, 0.717) is 6.04 Å². The Bertz CT molecular complexity index is 505. The van der Waals surface area contributed by atoms with E-state index in [1.807, 2.05) is 0 Å². The highest BCUT2D eigenvalue weighted by molar-refractivity contribution is 5.17. The summed E-state index contributed by atoms with van der Waals surface area (Å²) in [6.45, 7) is 1.97. The first kappa shape index (κ1) is 15.3. The highest BCUT2D eigenvalue weighted by atomic mass is 16.3. The van der Waals surface area contributed by atoms with E-state index in [9.17, 15) is 5.11 Å².